The molecule has 0 aliphatic carbocycles. The number of ether oxygens (including phenoxy) is 2. The number of carbonyl (C=O) groups is 1. The summed E-state index contributed by atoms with van der Waals surface area (Å²) >= 11 is 1.61. The minimum absolute atomic E-state index is 0.120. The molecule has 6 heteroatoms. The molecule has 1 heterocycles. The van der Waals surface area contributed by atoms with Crippen LogP contribution in [0, 0.1) is 6.92 Å². The maximum Gasteiger partial charge on any atom is 0.277 e. The number of benzene rings is 1. The number of nitrogens with one attached hydrogen (secondary N) is 1. The van der Waals surface area contributed by atoms with E-state index in [2.05, 4.69) is 10.5 Å². The highest BCUT2D eigenvalue weighted by molar-refractivity contribution is 7.13. The molecule has 1 aromatic carbocycles. The third-order valence-corrected chi connectivity index (χ3v) is 3.59. The Kier molecular flexibility index (Phi) is 5.97. The number of thiophene rings is 1. The normalized spacial score (nSPS) is 10.6. The van der Waals surface area contributed by atoms with Gasteiger partial charge in [-0.25, -0.2) is 5.43 Å². The maximum atomic E-state index is 11.7. The highest BCUT2D eigenvalue weighted by Gasteiger charge is 2.06. The van der Waals surface area contributed by atoms with Crippen molar-refractivity contribution in [1.29, 1.82) is 0 Å². The minimum Gasteiger partial charge on any atom is -0.490 e. The molecule has 22 heavy (non-hydrogen) atoms. The molecule has 0 bridgehead atoms. The molecule has 0 atom stereocenters. The monoisotopic (exact) mass is 318 g/mol. The molecule has 0 saturated heterocycles. The molecule has 0 spiro atoms. The summed E-state index contributed by atoms with van der Waals surface area (Å²) in [5, 5.41) is 3.90. The van der Waals surface area contributed by atoms with Gasteiger partial charge < -0.3 is 9.47 Å². The molecule has 116 valence electrons. The van der Waals surface area contributed by atoms with Gasteiger partial charge in [-0.05, 0) is 38.1 Å². The number of aryl methyl sites for hydroxylation is 1. The van der Waals surface area contributed by atoms with Crippen molar-refractivity contribution in [2.75, 3.05) is 13.2 Å². The third-order valence-electron chi connectivity index (χ3n) is 2.65. The van der Waals surface area contributed by atoms with Crippen molar-refractivity contribution in [2.45, 2.75) is 13.8 Å². The summed E-state index contributed by atoms with van der Waals surface area (Å²) in [6.45, 7) is 4.33. The first kappa shape index (κ1) is 16.0. The van der Waals surface area contributed by atoms with E-state index in [9.17, 15) is 4.79 Å². The zero-order valence-electron chi connectivity index (χ0n) is 12.5. The van der Waals surface area contributed by atoms with Crippen molar-refractivity contribution in [3.05, 3.63) is 46.2 Å². The van der Waals surface area contributed by atoms with E-state index in [0.717, 1.165) is 4.88 Å². The lowest BCUT2D eigenvalue weighted by Gasteiger charge is -2.10. The summed E-state index contributed by atoms with van der Waals surface area (Å²) in [4.78, 5) is 13.9. The summed E-state index contributed by atoms with van der Waals surface area (Å²) in [5.74, 6) is 0.837. The molecule has 0 radical (unpaired) electrons. The SMILES string of the molecule is CCOc1ccccc1OCC(=O)N/N=C/c1ccc(C)s1. The Morgan fingerprint density at radius 1 is 1.23 bits per heavy atom. The van der Waals surface area contributed by atoms with E-state index in [4.69, 9.17) is 9.47 Å². The Hall–Kier alpha value is -2.34. The van der Waals surface area contributed by atoms with Crippen molar-refractivity contribution in [1.82, 2.24) is 5.43 Å². The second-order valence-electron chi connectivity index (χ2n) is 4.41. The first-order chi connectivity index (χ1) is 10.7. The van der Waals surface area contributed by atoms with Crippen LogP contribution < -0.4 is 14.9 Å². The molecule has 1 amide bonds. The Morgan fingerprint density at radius 3 is 2.59 bits per heavy atom. The van der Waals surface area contributed by atoms with Crippen LogP contribution in [0.3, 0.4) is 0 Å². The second-order valence-corrected chi connectivity index (χ2v) is 5.73. The van der Waals surface area contributed by atoms with Crippen LogP contribution in [-0.4, -0.2) is 25.3 Å². The zero-order chi connectivity index (χ0) is 15.8. The fourth-order valence-corrected chi connectivity index (χ4v) is 2.46. The lowest BCUT2D eigenvalue weighted by Crippen LogP contribution is -2.24. The molecule has 1 N–H and O–H groups in total. The van der Waals surface area contributed by atoms with Crippen molar-refractivity contribution >= 4 is 23.5 Å². The zero-order valence-corrected chi connectivity index (χ0v) is 13.4. The fraction of sp³-hybridized carbons (Fsp3) is 0.250. The highest BCUT2D eigenvalue weighted by Crippen LogP contribution is 2.26. The molecular weight excluding hydrogens is 300 g/mol. The van der Waals surface area contributed by atoms with Crippen LogP contribution >= 0.6 is 11.3 Å². The van der Waals surface area contributed by atoms with E-state index in [1.165, 1.54) is 4.88 Å². The molecule has 5 nitrogen and oxygen atoms in total. The maximum absolute atomic E-state index is 11.7. The Balaban J connectivity index is 1.81. The smallest absolute Gasteiger partial charge is 0.277 e. The van der Waals surface area contributed by atoms with Gasteiger partial charge in [-0.3, -0.25) is 4.79 Å². The van der Waals surface area contributed by atoms with Crippen molar-refractivity contribution in [3.8, 4) is 11.5 Å². The van der Waals surface area contributed by atoms with Gasteiger partial charge >= 0.3 is 0 Å². The van der Waals surface area contributed by atoms with Gasteiger partial charge in [-0.1, -0.05) is 12.1 Å². The number of hydrazone groups is 1. The van der Waals surface area contributed by atoms with Crippen molar-refractivity contribution in [2.24, 2.45) is 5.10 Å². The highest BCUT2D eigenvalue weighted by atomic mass is 32.1. The van der Waals surface area contributed by atoms with Gasteiger partial charge in [0.25, 0.3) is 5.91 Å². The summed E-state index contributed by atoms with van der Waals surface area (Å²) < 4.78 is 10.9. The van der Waals surface area contributed by atoms with E-state index >= 15 is 0 Å². The Bertz CT molecular complexity index is 652. The number of nitrogens with zero attached hydrogens (tertiary/aromatic N) is 1. The van der Waals surface area contributed by atoms with Crippen LogP contribution in [0.5, 0.6) is 11.5 Å². The van der Waals surface area contributed by atoms with Crippen LogP contribution in [0.1, 0.15) is 16.7 Å². The van der Waals surface area contributed by atoms with E-state index in [1.807, 2.05) is 38.1 Å². The molecule has 0 unspecified atom stereocenters. The number of hydrogen-bond donors (Lipinski definition) is 1. The largest absolute Gasteiger partial charge is 0.490 e. The fourth-order valence-electron chi connectivity index (χ4n) is 1.71. The van der Waals surface area contributed by atoms with Gasteiger partial charge in [-0.15, -0.1) is 11.3 Å². The van der Waals surface area contributed by atoms with Gasteiger partial charge in [-0.2, -0.15) is 5.10 Å². The molecule has 2 rings (SSSR count). The first-order valence-corrected chi connectivity index (χ1v) is 7.73. The number of rotatable bonds is 7. The lowest BCUT2D eigenvalue weighted by molar-refractivity contribution is -0.123. The predicted octanol–water partition coefficient (Wildman–Crippen LogP) is 2.98. The van der Waals surface area contributed by atoms with E-state index in [1.54, 1.807) is 29.7 Å². The minimum atomic E-state index is -0.323. The molecule has 0 aliphatic rings. The average Bonchev–Trinajstić information content (AvgIpc) is 2.92. The number of hydrogen-bond acceptors (Lipinski definition) is 5. The number of para-hydroxylation sites is 2. The molecule has 0 fully saturated rings. The van der Waals surface area contributed by atoms with Crippen LogP contribution in [0.15, 0.2) is 41.5 Å². The van der Waals surface area contributed by atoms with E-state index in [0.29, 0.717) is 18.1 Å². The van der Waals surface area contributed by atoms with Gasteiger partial charge in [0.1, 0.15) is 0 Å². The lowest BCUT2D eigenvalue weighted by atomic mass is 10.3. The van der Waals surface area contributed by atoms with Crippen LogP contribution in [-0.2, 0) is 4.79 Å². The van der Waals surface area contributed by atoms with Crippen LogP contribution in [0.2, 0.25) is 0 Å². The first-order valence-electron chi connectivity index (χ1n) is 6.92. The molecule has 1 aromatic heterocycles. The Morgan fingerprint density at radius 2 is 1.95 bits per heavy atom. The second kappa shape index (κ2) is 8.19. The quantitative estimate of drug-likeness (QED) is 0.630. The van der Waals surface area contributed by atoms with Gasteiger partial charge in [0, 0.05) is 9.75 Å². The summed E-state index contributed by atoms with van der Waals surface area (Å²) in [6, 6.07) is 11.2. The van der Waals surface area contributed by atoms with Crippen molar-refractivity contribution in [3.63, 3.8) is 0 Å². The van der Waals surface area contributed by atoms with Gasteiger partial charge in [0.05, 0.1) is 12.8 Å². The van der Waals surface area contributed by atoms with Crippen molar-refractivity contribution < 1.29 is 14.3 Å². The molecule has 0 aliphatic heterocycles. The standard InChI is InChI=1S/C16H18N2O3S/c1-3-20-14-6-4-5-7-15(14)21-11-16(19)18-17-10-13-9-8-12(2)22-13/h4-10H,3,11H2,1-2H3,(H,18,19)/b17-10+. The van der Waals surface area contributed by atoms with E-state index < -0.39 is 0 Å². The Labute approximate surface area is 133 Å². The molecule has 0 saturated carbocycles. The molecule has 2 aromatic rings. The average molecular weight is 318 g/mol. The van der Waals surface area contributed by atoms with E-state index in [-0.39, 0.29) is 12.5 Å². The van der Waals surface area contributed by atoms with Crippen LogP contribution in [0.25, 0.3) is 0 Å². The topological polar surface area (TPSA) is 59.9 Å². The summed E-state index contributed by atoms with van der Waals surface area (Å²) in [7, 11) is 0. The molecular formula is C16H18N2O3S. The number of amides is 1. The third kappa shape index (κ3) is 4.89. The number of carbonyl (C=O) groups excluding carboxylic acids is 1. The summed E-state index contributed by atoms with van der Waals surface area (Å²) in [5.41, 5.74) is 2.43. The van der Waals surface area contributed by atoms with Gasteiger partial charge in [0.15, 0.2) is 18.1 Å². The van der Waals surface area contributed by atoms with Gasteiger partial charge in [0.2, 0.25) is 0 Å². The summed E-state index contributed by atoms with van der Waals surface area (Å²) in [6.07, 6.45) is 1.61. The predicted molar refractivity (Wildman–Crippen MR) is 87.9 cm³/mol. The van der Waals surface area contributed by atoms with Crippen LogP contribution in [0.4, 0.5) is 0 Å².